The summed E-state index contributed by atoms with van der Waals surface area (Å²) in [5, 5.41) is 0. The first-order chi connectivity index (χ1) is 11.2. The maximum absolute atomic E-state index is 5.65. The van der Waals surface area contributed by atoms with Gasteiger partial charge in [-0.05, 0) is 48.9 Å². The van der Waals surface area contributed by atoms with E-state index in [2.05, 4.69) is 50.2 Å². The molecule has 0 saturated carbocycles. The van der Waals surface area contributed by atoms with Crippen molar-refractivity contribution in [2.75, 3.05) is 13.2 Å². The van der Waals surface area contributed by atoms with Crippen LogP contribution in [-0.2, 0) is 14.9 Å². The highest BCUT2D eigenvalue weighted by atomic mass is 16.6. The van der Waals surface area contributed by atoms with Crippen LogP contribution in [0.3, 0.4) is 0 Å². The molecule has 0 aromatic heterocycles. The van der Waals surface area contributed by atoms with Gasteiger partial charge in [0.05, 0.1) is 25.4 Å². The van der Waals surface area contributed by atoms with Crippen molar-refractivity contribution in [3.8, 4) is 11.1 Å². The number of fused-ring (bicyclic) bond motifs is 3. The Hall–Kier alpha value is -1.64. The Morgan fingerprint density at radius 2 is 1.26 bits per heavy atom. The minimum absolute atomic E-state index is 0.0606. The molecule has 2 nitrogen and oxygen atoms in total. The van der Waals surface area contributed by atoms with E-state index in [0.717, 1.165) is 26.1 Å². The van der Waals surface area contributed by atoms with Gasteiger partial charge in [0.2, 0.25) is 0 Å². The Balaban J connectivity index is 1.76. The van der Waals surface area contributed by atoms with E-state index < -0.39 is 0 Å². The van der Waals surface area contributed by atoms with Gasteiger partial charge in [0.15, 0.2) is 0 Å². The van der Waals surface area contributed by atoms with Gasteiger partial charge in [-0.25, -0.2) is 0 Å². The van der Waals surface area contributed by atoms with Crippen LogP contribution in [-0.4, -0.2) is 25.4 Å². The minimum atomic E-state index is 0.0606. The van der Waals surface area contributed by atoms with Gasteiger partial charge in [0.25, 0.3) is 0 Å². The standard InChI is InChI=1S/C21H22O2/c1-13-3-5-17-18-6-4-14(2)8-20(18)21(19(17)7-13,9-15-11-22-15)10-16-12-23-16/h3-8,15-16H,9-12H2,1-2H3. The van der Waals surface area contributed by atoms with E-state index in [1.165, 1.54) is 33.4 Å². The van der Waals surface area contributed by atoms with E-state index in [1.807, 2.05) is 0 Å². The molecule has 2 fully saturated rings. The molecule has 0 spiro atoms. The number of ether oxygens (including phenoxy) is 2. The summed E-state index contributed by atoms with van der Waals surface area (Å²) >= 11 is 0. The number of aryl methyl sites for hydroxylation is 2. The third-order valence-corrected chi connectivity index (χ3v) is 5.63. The van der Waals surface area contributed by atoms with E-state index in [4.69, 9.17) is 9.47 Å². The molecule has 2 heterocycles. The molecule has 0 amide bonds. The lowest BCUT2D eigenvalue weighted by molar-refractivity contribution is 0.303. The molecule has 2 saturated heterocycles. The van der Waals surface area contributed by atoms with Gasteiger partial charge < -0.3 is 9.47 Å². The summed E-state index contributed by atoms with van der Waals surface area (Å²) in [5.41, 5.74) is 8.54. The second kappa shape index (κ2) is 4.68. The van der Waals surface area contributed by atoms with Gasteiger partial charge in [0, 0.05) is 5.41 Å². The molecular weight excluding hydrogens is 284 g/mol. The third kappa shape index (κ3) is 2.16. The molecule has 0 radical (unpaired) electrons. The lowest BCUT2D eigenvalue weighted by atomic mass is 9.71. The van der Waals surface area contributed by atoms with Crippen molar-refractivity contribution in [1.29, 1.82) is 0 Å². The molecule has 0 N–H and O–H groups in total. The average Bonchev–Trinajstić information content (AvgIpc) is 3.43. The molecule has 1 aliphatic carbocycles. The van der Waals surface area contributed by atoms with Crippen molar-refractivity contribution < 1.29 is 9.47 Å². The van der Waals surface area contributed by atoms with Crippen molar-refractivity contribution in [1.82, 2.24) is 0 Å². The van der Waals surface area contributed by atoms with Crippen LogP contribution in [0.4, 0.5) is 0 Å². The molecule has 2 unspecified atom stereocenters. The molecule has 0 bridgehead atoms. The summed E-state index contributed by atoms with van der Waals surface area (Å²) < 4.78 is 11.3. The van der Waals surface area contributed by atoms with Gasteiger partial charge >= 0.3 is 0 Å². The topological polar surface area (TPSA) is 25.1 Å². The maximum atomic E-state index is 5.65. The minimum Gasteiger partial charge on any atom is -0.373 e. The molecule has 2 aromatic rings. The van der Waals surface area contributed by atoms with Crippen molar-refractivity contribution in [3.63, 3.8) is 0 Å². The number of rotatable bonds is 4. The van der Waals surface area contributed by atoms with E-state index in [0.29, 0.717) is 12.2 Å². The van der Waals surface area contributed by atoms with Crippen LogP contribution in [0.5, 0.6) is 0 Å². The molecule has 2 atom stereocenters. The molecule has 2 aliphatic heterocycles. The van der Waals surface area contributed by atoms with Crippen LogP contribution in [0, 0.1) is 13.8 Å². The first kappa shape index (κ1) is 13.8. The fraction of sp³-hybridized carbons (Fsp3) is 0.429. The highest BCUT2D eigenvalue weighted by Crippen LogP contribution is 2.56. The molecule has 2 aromatic carbocycles. The Labute approximate surface area is 137 Å². The summed E-state index contributed by atoms with van der Waals surface area (Å²) in [4.78, 5) is 0. The fourth-order valence-corrected chi connectivity index (χ4v) is 4.40. The van der Waals surface area contributed by atoms with Gasteiger partial charge in [-0.3, -0.25) is 0 Å². The van der Waals surface area contributed by atoms with Crippen LogP contribution in [0.15, 0.2) is 36.4 Å². The summed E-state index contributed by atoms with van der Waals surface area (Å²) in [6, 6.07) is 13.9. The van der Waals surface area contributed by atoms with Crippen molar-refractivity contribution in [2.45, 2.75) is 44.3 Å². The van der Waals surface area contributed by atoms with E-state index in [9.17, 15) is 0 Å². The lowest BCUT2D eigenvalue weighted by Gasteiger charge is -2.32. The predicted octanol–water partition coefficient (Wildman–Crippen LogP) is 4.15. The largest absolute Gasteiger partial charge is 0.373 e. The first-order valence-electron chi connectivity index (χ1n) is 8.61. The van der Waals surface area contributed by atoms with Crippen LogP contribution in [0.2, 0.25) is 0 Å². The summed E-state index contributed by atoms with van der Waals surface area (Å²) in [7, 11) is 0. The predicted molar refractivity (Wildman–Crippen MR) is 90.8 cm³/mol. The SMILES string of the molecule is Cc1ccc2c(c1)C(CC1CO1)(CC1CO1)c1cc(C)ccc1-2. The van der Waals surface area contributed by atoms with E-state index in [-0.39, 0.29) is 5.41 Å². The van der Waals surface area contributed by atoms with E-state index in [1.54, 1.807) is 0 Å². The zero-order chi connectivity index (χ0) is 15.6. The number of hydrogen-bond acceptors (Lipinski definition) is 2. The zero-order valence-corrected chi connectivity index (χ0v) is 13.8. The Bertz CT molecular complexity index is 717. The second-order valence-electron chi connectivity index (χ2n) is 7.50. The molecule has 118 valence electrons. The van der Waals surface area contributed by atoms with Gasteiger partial charge in [-0.15, -0.1) is 0 Å². The molecule has 5 rings (SSSR count). The van der Waals surface area contributed by atoms with Crippen LogP contribution >= 0.6 is 0 Å². The fourth-order valence-electron chi connectivity index (χ4n) is 4.40. The van der Waals surface area contributed by atoms with Crippen LogP contribution in [0.25, 0.3) is 11.1 Å². The summed E-state index contributed by atoms with van der Waals surface area (Å²) in [6.07, 6.45) is 2.99. The molecule has 23 heavy (non-hydrogen) atoms. The van der Waals surface area contributed by atoms with Gasteiger partial charge in [-0.2, -0.15) is 0 Å². The smallest absolute Gasteiger partial charge is 0.0821 e. The number of hydrogen-bond donors (Lipinski definition) is 0. The number of epoxide rings is 2. The number of benzene rings is 2. The van der Waals surface area contributed by atoms with Crippen molar-refractivity contribution >= 4 is 0 Å². The van der Waals surface area contributed by atoms with Crippen LogP contribution in [0.1, 0.15) is 35.1 Å². The third-order valence-electron chi connectivity index (χ3n) is 5.63. The maximum Gasteiger partial charge on any atom is 0.0821 e. The molecule has 3 aliphatic rings. The quantitative estimate of drug-likeness (QED) is 0.793. The van der Waals surface area contributed by atoms with Crippen LogP contribution < -0.4 is 0 Å². The Morgan fingerprint density at radius 3 is 1.65 bits per heavy atom. The van der Waals surface area contributed by atoms with Crippen molar-refractivity contribution in [2.24, 2.45) is 0 Å². The normalized spacial score (nSPS) is 25.8. The van der Waals surface area contributed by atoms with E-state index >= 15 is 0 Å². The average molecular weight is 306 g/mol. The highest BCUT2D eigenvalue weighted by Gasteiger charge is 2.49. The Kier molecular flexibility index (Phi) is 2.80. The molecular formula is C21H22O2. The lowest BCUT2D eigenvalue weighted by Crippen LogP contribution is -2.29. The van der Waals surface area contributed by atoms with Gasteiger partial charge in [-0.1, -0.05) is 47.5 Å². The zero-order valence-electron chi connectivity index (χ0n) is 13.8. The highest BCUT2D eigenvalue weighted by molar-refractivity contribution is 5.81. The molecule has 2 heteroatoms. The monoisotopic (exact) mass is 306 g/mol. The summed E-state index contributed by atoms with van der Waals surface area (Å²) in [6.45, 7) is 6.21. The summed E-state index contributed by atoms with van der Waals surface area (Å²) in [5.74, 6) is 0. The van der Waals surface area contributed by atoms with Gasteiger partial charge in [0.1, 0.15) is 0 Å². The van der Waals surface area contributed by atoms with Crippen molar-refractivity contribution in [3.05, 3.63) is 58.7 Å². The Morgan fingerprint density at radius 1 is 0.826 bits per heavy atom. The first-order valence-corrected chi connectivity index (χ1v) is 8.61. The second-order valence-corrected chi connectivity index (χ2v) is 7.50.